The van der Waals surface area contributed by atoms with Crippen molar-refractivity contribution in [2.24, 2.45) is 5.10 Å². The van der Waals surface area contributed by atoms with Crippen molar-refractivity contribution >= 4 is 6.21 Å². The van der Waals surface area contributed by atoms with Crippen LogP contribution in [0.25, 0.3) is 5.69 Å². The third-order valence-electron chi connectivity index (χ3n) is 2.81. The quantitative estimate of drug-likeness (QED) is 0.670. The first-order valence-corrected chi connectivity index (χ1v) is 5.96. The highest BCUT2D eigenvalue weighted by Crippen LogP contribution is 2.13. The first-order valence-electron chi connectivity index (χ1n) is 5.96. The highest BCUT2D eigenvalue weighted by molar-refractivity contribution is 5.79. The smallest absolute Gasteiger partial charge is 0.141 e. The van der Waals surface area contributed by atoms with E-state index < -0.39 is 0 Å². The molecule has 0 amide bonds. The maximum atomic E-state index is 4.24. The van der Waals surface area contributed by atoms with E-state index in [2.05, 4.69) is 51.2 Å². The number of para-hydroxylation sites is 1. The van der Waals surface area contributed by atoms with Crippen molar-refractivity contribution < 1.29 is 0 Å². The fourth-order valence-corrected chi connectivity index (χ4v) is 1.92. The summed E-state index contributed by atoms with van der Waals surface area (Å²) in [5.74, 6) is 0. The Labute approximate surface area is 110 Å². The van der Waals surface area contributed by atoms with Gasteiger partial charge in [0, 0.05) is 23.1 Å². The van der Waals surface area contributed by atoms with Crippen LogP contribution in [-0.4, -0.2) is 25.7 Å². The zero-order valence-corrected chi connectivity index (χ0v) is 10.5. The zero-order valence-electron chi connectivity index (χ0n) is 10.5. The molecule has 19 heavy (non-hydrogen) atoms. The molecule has 0 saturated heterocycles. The van der Waals surface area contributed by atoms with Gasteiger partial charge in [-0.1, -0.05) is 18.2 Å². The minimum Gasteiger partial charge on any atom is -0.321 e. The van der Waals surface area contributed by atoms with Gasteiger partial charge in [0.05, 0.1) is 6.21 Å². The zero-order chi connectivity index (χ0) is 13.1. The molecular weight excluding hydrogens is 238 g/mol. The average molecular weight is 251 g/mol. The van der Waals surface area contributed by atoms with Crippen molar-refractivity contribution in [2.75, 3.05) is 0 Å². The van der Waals surface area contributed by atoms with Crippen molar-refractivity contribution in [3.8, 4) is 5.69 Å². The summed E-state index contributed by atoms with van der Waals surface area (Å²) in [5, 5.41) is 11.6. The lowest BCUT2D eigenvalue weighted by Crippen LogP contribution is -1.93. The molecule has 5 nitrogen and oxygen atoms in total. The van der Waals surface area contributed by atoms with Gasteiger partial charge >= 0.3 is 0 Å². The van der Waals surface area contributed by atoms with Crippen molar-refractivity contribution in [3.63, 3.8) is 0 Å². The molecule has 3 rings (SSSR count). The lowest BCUT2D eigenvalue weighted by atomic mass is 10.3. The predicted octanol–water partition coefficient (Wildman–Crippen LogP) is 2.26. The molecule has 0 aliphatic heterocycles. The molecule has 94 valence electrons. The van der Waals surface area contributed by atoms with Crippen LogP contribution in [0.4, 0.5) is 0 Å². The molecule has 1 aromatic carbocycles. The molecule has 0 aliphatic carbocycles. The number of rotatable bonds is 3. The van der Waals surface area contributed by atoms with Crippen LogP contribution in [0.15, 0.2) is 60.4 Å². The summed E-state index contributed by atoms with van der Waals surface area (Å²) < 4.78 is 3.70. The molecule has 0 N–H and O–H groups in total. The van der Waals surface area contributed by atoms with Gasteiger partial charge in [0.2, 0.25) is 0 Å². The Morgan fingerprint density at radius 2 is 1.84 bits per heavy atom. The Balaban J connectivity index is 1.90. The Kier molecular flexibility index (Phi) is 2.94. The summed E-state index contributed by atoms with van der Waals surface area (Å²) in [6.07, 6.45) is 6.95. The van der Waals surface area contributed by atoms with Gasteiger partial charge in [0.25, 0.3) is 0 Å². The summed E-state index contributed by atoms with van der Waals surface area (Å²) in [6.45, 7) is 2.07. The van der Waals surface area contributed by atoms with E-state index in [1.54, 1.807) is 23.5 Å². The lowest BCUT2D eigenvalue weighted by Gasteiger charge is -2.04. The van der Waals surface area contributed by atoms with Crippen LogP contribution in [0.2, 0.25) is 0 Å². The van der Waals surface area contributed by atoms with Crippen molar-refractivity contribution in [1.82, 2.24) is 19.4 Å². The molecule has 0 aliphatic rings. The molecule has 0 atom stereocenters. The monoisotopic (exact) mass is 251 g/mol. The second-order valence-electron chi connectivity index (χ2n) is 4.21. The number of nitrogens with zero attached hydrogens (tertiary/aromatic N) is 5. The summed E-state index contributed by atoms with van der Waals surface area (Å²) in [4.78, 5) is 0. The normalized spacial score (nSPS) is 11.2. The van der Waals surface area contributed by atoms with E-state index in [0.29, 0.717) is 0 Å². The van der Waals surface area contributed by atoms with Gasteiger partial charge in [-0.2, -0.15) is 5.10 Å². The molecule has 0 radical (unpaired) electrons. The van der Waals surface area contributed by atoms with E-state index in [-0.39, 0.29) is 0 Å². The number of benzene rings is 1. The Morgan fingerprint density at radius 3 is 2.58 bits per heavy atom. The minimum absolute atomic E-state index is 1.04. The van der Waals surface area contributed by atoms with E-state index in [0.717, 1.165) is 16.9 Å². The third kappa shape index (κ3) is 2.44. The first kappa shape index (κ1) is 11.4. The summed E-state index contributed by atoms with van der Waals surface area (Å²) >= 11 is 0. The Bertz CT molecular complexity index is 680. The van der Waals surface area contributed by atoms with Gasteiger partial charge in [-0.05, 0) is 25.1 Å². The van der Waals surface area contributed by atoms with E-state index in [1.165, 1.54) is 0 Å². The van der Waals surface area contributed by atoms with E-state index in [4.69, 9.17) is 0 Å². The summed E-state index contributed by atoms with van der Waals surface area (Å²) in [7, 11) is 0. The highest BCUT2D eigenvalue weighted by Gasteiger charge is 2.02. The SMILES string of the molecule is Cc1cc(/C=N\n2cnnc2)cn1-c1ccccc1. The fourth-order valence-electron chi connectivity index (χ4n) is 1.92. The Morgan fingerprint density at radius 1 is 1.11 bits per heavy atom. The average Bonchev–Trinajstić information content (AvgIpc) is 3.07. The van der Waals surface area contributed by atoms with Crippen LogP contribution >= 0.6 is 0 Å². The summed E-state index contributed by atoms with van der Waals surface area (Å²) in [5.41, 5.74) is 3.34. The molecule has 5 heteroatoms. The number of hydrogen-bond acceptors (Lipinski definition) is 3. The van der Waals surface area contributed by atoms with Crippen LogP contribution in [0.1, 0.15) is 11.3 Å². The second-order valence-corrected chi connectivity index (χ2v) is 4.21. The van der Waals surface area contributed by atoms with Crippen LogP contribution < -0.4 is 0 Å². The number of aromatic nitrogens is 4. The number of hydrogen-bond donors (Lipinski definition) is 0. The van der Waals surface area contributed by atoms with Crippen molar-refractivity contribution in [2.45, 2.75) is 6.92 Å². The van der Waals surface area contributed by atoms with Gasteiger partial charge in [0.15, 0.2) is 0 Å². The maximum Gasteiger partial charge on any atom is 0.141 e. The summed E-state index contributed by atoms with van der Waals surface area (Å²) in [6, 6.07) is 12.3. The first-order chi connectivity index (χ1) is 9.33. The maximum absolute atomic E-state index is 4.24. The molecule has 2 heterocycles. The molecule has 3 aromatic rings. The van der Waals surface area contributed by atoms with Crippen LogP contribution in [0.3, 0.4) is 0 Å². The molecule has 0 unspecified atom stereocenters. The Hall–Kier alpha value is -2.69. The van der Waals surface area contributed by atoms with E-state index >= 15 is 0 Å². The fraction of sp³-hybridized carbons (Fsp3) is 0.0714. The largest absolute Gasteiger partial charge is 0.321 e. The molecule has 2 aromatic heterocycles. The van der Waals surface area contributed by atoms with Gasteiger partial charge in [-0.25, -0.2) is 4.68 Å². The minimum atomic E-state index is 1.04. The lowest BCUT2D eigenvalue weighted by molar-refractivity contribution is 0.878. The van der Waals surface area contributed by atoms with Gasteiger partial charge in [-0.3, -0.25) is 0 Å². The van der Waals surface area contributed by atoms with Gasteiger partial charge < -0.3 is 4.57 Å². The number of aryl methyl sites for hydroxylation is 1. The van der Waals surface area contributed by atoms with E-state index in [1.807, 2.05) is 18.2 Å². The van der Waals surface area contributed by atoms with Gasteiger partial charge in [0.1, 0.15) is 12.7 Å². The molecular formula is C14H13N5. The van der Waals surface area contributed by atoms with Crippen LogP contribution in [-0.2, 0) is 0 Å². The van der Waals surface area contributed by atoms with E-state index in [9.17, 15) is 0 Å². The highest BCUT2D eigenvalue weighted by atomic mass is 15.4. The predicted molar refractivity (Wildman–Crippen MR) is 73.5 cm³/mol. The standard InChI is InChI=1S/C14H13N5/c1-12-7-13(8-17-18-10-15-16-11-18)9-19(12)14-5-3-2-4-6-14/h2-11H,1H3/b17-8-. The van der Waals surface area contributed by atoms with Crippen molar-refractivity contribution in [3.05, 3.63) is 66.5 Å². The molecule has 0 fully saturated rings. The van der Waals surface area contributed by atoms with Gasteiger partial charge in [-0.15, -0.1) is 10.2 Å². The third-order valence-corrected chi connectivity index (χ3v) is 2.81. The van der Waals surface area contributed by atoms with Crippen LogP contribution in [0.5, 0.6) is 0 Å². The molecule has 0 saturated carbocycles. The van der Waals surface area contributed by atoms with Crippen LogP contribution in [0, 0.1) is 6.92 Å². The topological polar surface area (TPSA) is 48.0 Å². The van der Waals surface area contributed by atoms with Crippen molar-refractivity contribution in [1.29, 1.82) is 0 Å². The second kappa shape index (κ2) is 4.89. The molecule has 0 spiro atoms. The molecule has 0 bridgehead atoms.